The van der Waals surface area contributed by atoms with Crippen LogP contribution in [0, 0.1) is 0 Å². The topological polar surface area (TPSA) is 100 Å². The molecule has 27 heavy (non-hydrogen) atoms. The number of nitrogens with one attached hydrogen (secondary N) is 2. The minimum Gasteiger partial charge on any atom is -0.360 e. The van der Waals surface area contributed by atoms with Gasteiger partial charge in [-0.25, -0.2) is 0 Å². The average Bonchev–Trinajstić information content (AvgIpc) is 3.16. The molecule has 0 aromatic carbocycles. The van der Waals surface area contributed by atoms with Crippen LogP contribution in [0.2, 0.25) is 0 Å². The zero-order chi connectivity index (χ0) is 18.6. The van der Waals surface area contributed by atoms with Crippen molar-refractivity contribution in [3.63, 3.8) is 0 Å². The molecule has 1 atom stereocenters. The highest BCUT2D eigenvalue weighted by atomic mass is 16.5. The van der Waals surface area contributed by atoms with Crippen LogP contribution in [0.25, 0.3) is 0 Å². The number of aryl methyl sites for hydroxylation is 1. The van der Waals surface area contributed by atoms with Crippen LogP contribution < -0.4 is 10.6 Å². The fraction of sp³-hybridized carbons (Fsp3) is 0.474. The Morgan fingerprint density at radius 1 is 1.33 bits per heavy atom. The summed E-state index contributed by atoms with van der Waals surface area (Å²) in [5, 5.41) is 10.1. The second-order valence-corrected chi connectivity index (χ2v) is 6.94. The van der Waals surface area contributed by atoms with E-state index in [1.165, 1.54) is 0 Å². The molecule has 0 radical (unpaired) electrons. The highest BCUT2D eigenvalue weighted by Crippen LogP contribution is 2.25. The number of hydrogen-bond acceptors (Lipinski definition) is 6. The van der Waals surface area contributed by atoms with Crippen LogP contribution in [0.15, 0.2) is 29.0 Å². The molecule has 0 saturated carbocycles. The van der Waals surface area contributed by atoms with Crippen molar-refractivity contribution in [1.29, 1.82) is 0 Å². The number of carbonyl (C=O) groups is 2. The zero-order valence-electron chi connectivity index (χ0n) is 15.1. The van der Waals surface area contributed by atoms with Gasteiger partial charge in [-0.1, -0.05) is 11.2 Å². The predicted octanol–water partition coefficient (Wildman–Crippen LogP) is 0.679. The monoisotopic (exact) mass is 369 g/mol. The van der Waals surface area contributed by atoms with E-state index in [0.717, 1.165) is 42.6 Å². The zero-order valence-corrected chi connectivity index (χ0v) is 15.1. The van der Waals surface area contributed by atoms with Crippen molar-refractivity contribution >= 4 is 11.8 Å². The smallest absolute Gasteiger partial charge is 0.277 e. The highest BCUT2D eigenvalue weighted by molar-refractivity contribution is 5.97. The fourth-order valence-electron chi connectivity index (χ4n) is 3.68. The summed E-state index contributed by atoms with van der Waals surface area (Å²) in [5.41, 5.74) is 2.20. The van der Waals surface area contributed by atoms with Gasteiger partial charge in [0.2, 0.25) is 5.91 Å². The van der Waals surface area contributed by atoms with Gasteiger partial charge in [-0.15, -0.1) is 0 Å². The molecular formula is C19H23N5O3. The summed E-state index contributed by atoms with van der Waals surface area (Å²) in [6.45, 7) is 1.92. The highest BCUT2D eigenvalue weighted by Gasteiger charge is 2.35. The number of nitrogens with zero attached hydrogens (tertiary/aromatic N) is 3. The third-order valence-electron chi connectivity index (χ3n) is 5.15. The maximum absolute atomic E-state index is 13.1. The van der Waals surface area contributed by atoms with E-state index >= 15 is 0 Å². The molecule has 1 saturated heterocycles. The lowest BCUT2D eigenvalue weighted by atomic mass is 9.96. The molecule has 1 fully saturated rings. The number of aromatic nitrogens is 2. The van der Waals surface area contributed by atoms with E-state index in [0.29, 0.717) is 31.9 Å². The summed E-state index contributed by atoms with van der Waals surface area (Å²) < 4.78 is 5.38. The molecule has 3 heterocycles. The van der Waals surface area contributed by atoms with Crippen molar-refractivity contribution in [2.45, 2.75) is 38.3 Å². The number of fused-ring (bicyclic) bond motifs is 1. The number of pyridine rings is 1. The Balaban J connectivity index is 1.47. The molecule has 1 aliphatic carbocycles. The van der Waals surface area contributed by atoms with Gasteiger partial charge >= 0.3 is 0 Å². The van der Waals surface area contributed by atoms with Gasteiger partial charge in [-0.2, -0.15) is 0 Å². The lowest BCUT2D eigenvalue weighted by molar-refractivity contribution is -0.126. The quantitative estimate of drug-likeness (QED) is 0.822. The largest absolute Gasteiger partial charge is 0.360 e. The molecule has 0 bridgehead atoms. The second-order valence-electron chi connectivity index (χ2n) is 6.94. The molecule has 142 valence electrons. The van der Waals surface area contributed by atoms with Crippen molar-refractivity contribution in [1.82, 2.24) is 25.7 Å². The number of amides is 2. The summed E-state index contributed by atoms with van der Waals surface area (Å²) in [6, 6.07) is 3.16. The molecule has 2 N–H and O–H groups in total. The molecule has 0 unspecified atom stereocenters. The molecule has 4 rings (SSSR count). The van der Waals surface area contributed by atoms with E-state index in [4.69, 9.17) is 4.52 Å². The first kappa shape index (κ1) is 17.7. The SMILES string of the molecule is O=C(NCc1cccnc1)[C@H]1CNCCN1C(=O)c1noc2c1CCCC2. The van der Waals surface area contributed by atoms with Gasteiger partial charge in [0.25, 0.3) is 5.91 Å². The summed E-state index contributed by atoms with van der Waals surface area (Å²) in [6.07, 6.45) is 7.13. The Labute approximate surface area is 157 Å². The van der Waals surface area contributed by atoms with Gasteiger partial charge < -0.3 is 20.1 Å². The Morgan fingerprint density at radius 2 is 2.22 bits per heavy atom. The average molecular weight is 369 g/mol. The van der Waals surface area contributed by atoms with Crippen LogP contribution in [0.5, 0.6) is 0 Å². The Morgan fingerprint density at radius 3 is 3.07 bits per heavy atom. The number of piperazine rings is 1. The summed E-state index contributed by atoms with van der Waals surface area (Å²) in [4.78, 5) is 31.5. The van der Waals surface area contributed by atoms with Crippen LogP contribution in [-0.4, -0.2) is 52.5 Å². The minimum absolute atomic E-state index is 0.184. The maximum atomic E-state index is 13.1. The van der Waals surface area contributed by atoms with Crippen LogP contribution in [0.1, 0.15) is 40.2 Å². The van der Waals surface area contributed by atoms with Gasteiger partial charge in [0.05, 0.1) is 0 Å². The van der Waals surface area contributed by atoms with Crippen LogP contribution in [0.4, 0.5) is 0 Å². The lowest BCUT2D eigenvalue weighted by Crippen LogP contribution is -2.59. The number of hydrogen-bond donors (Lipinski definition) is 2. The van der Waals surface area contributed by atoms with Crippen molar-refractivity contribution in [3.05, 3.63) is 47.1 Å². The molecule has 2 aromatic rings. The van der Waals surface area contributed by atoms with Crippen molar-refractivity contribution in [2.75, 3.05) is 19.6 Å². The third-order valence-corrected chi connectivity index (χ3v) is 5.15. The van der Waals surface area contributed by atoms with Gasteiger partial charge in [-0.05, 0) is 30.9 Å². The Kier molecular flexibility index (Phi) is 5.15. The first-order chi connectivity index (χ1) is 13.2. The van der Waals surface area contributed by atoms with Crippen molar-refractivity contribution in [3.8, 4) is 0 Å². The van der Waals surface area contributed by atoms with Crippen molar-refractivity contribution < 1.29 is 14.1 Å². The van der Waals surface area contributed by atoms with Crippen LogP contribution in [-0.2, 0) is 24.2 Å². The Bertz CT molecular complexity index is 820. The molecule has 2 aromatic heterocycles. The van der Waals surface area contributed by atoms with Gasteiger partial charge in [0.15, 0.2) is 5.69 Å². The van der Waals surface area contributed by atoms with Crippen molar-refractivity contribution in [2.24, 2.45) is 0 Å². The molecule has 1 aliphatic heterocycles. The van der Waals surface area contributed by atoms with Gasteiger partial charge in [0.1, 0.15) is 11.8 Å². The van der Waals surface area contributed by atoms with E-state index in [2.05, 4.69) is 20.8 Å². The number of carbonyl (C=O) groups excluding carboxylic acids is 2. The normalized spacial score (nSPS) is 19.4. The molecule has 8 heteroatoms. The van der Waals surface area contributed by atoms with Crippen LogP contribution >= 0.6 is 0 Å². The second kappa shape index (κ2) is 7.87. The van der Waals surface area contributed by atoms with E-state index in [1.807, 2.05) is 12.1 Å². The molecule has 0 spiro atoms. The molecule has 8 nitrogen and oxygen atoms in total. The minimum atomic E-state index is -0.570. The van der Waals surface area contributed by atoms with E-state index in [9.17, 15) is 9.59 Å². The molecule has 2 aliphatic rings. The summed E-state index contributed by atoms with van der Waals surface area (Å²) in [5.74, 6) is 0.416. The standard InChI is InChI=1S/C19H23N5O3/c25-18(22-11-13-4-3-7-20-10-13)15-12-21-8-9-24(15)19(26)17-14-5-1-2-6-16(14)27-23-17/h3-4,7,10,15,21H,1-2,5-6,8-9,11-12H2,(H,22,25)/t15-/m1/s1. The first-order valence-electron chi connectivity index (χ1n) is 9.40. The predicted molar refractivity (Wildman–Crippen MR) is 96.9 cm³/mol. The number of rotatable bonds is 4. The van der Waals surface area contributed by atoms with E-state index in [1.54, 1.807) is 17.3 Å². The van der Waals surface area contributed by atoms with E-state index < -0.39 is 6.04 Å². The fourth-order valence-corrected chi connectivity index (χ4v) is 3.68. The lowest BCUT2D eigenvalue weighted by Gasteiger charge is -2.34. The summed E-state index contributed by atoms with van der Waals surface area (Å²) in [7, 11) is 0. The third kappa shape index (κ3) is 3.71. The first-order valence-corrected chi connectivity index (χ1v) is 9.40. The van der Waals surface area contributed by atoms with Gasteiger partial charge in [-0.3, -0.25) is 14.6 Å². The summed E-state index contributed by atoms with van der Waals surface area (Å²) >= 11 is 0. The maximum Gasteiger partial charge on any atom is 0.277 e. The van der Waals surface area contributed by atoms with E-state index in [-0.39, 0.29) is 11.8 Å². The molecular weight excluding hydrogens is 346 g/mol. The Hall–Kier alpha value is -2.74. The van der Waals surface area contributed by atoms with Crippen LogP contribution in [0.3, 0.4) is 0 Å². The van der Waals surface area contributed by atoms with Gasteiger partial charge in [0, 0.05) is 50.6 Å². The molecule has 2 amide bonds.